The lowest BCUT2D eigenvalue weighted by molar-refractivity contribution is 0.350. The lowest BCUT2D eigenvalue weighted by Gasteiger charge is -2.35. The van der Waals surface area contributed by atoms with E-state index in [-0.39, 0.29) is 10.6 Å². The Hall–Kier alpha value is -2.33. The Balaban J connectivity index is 1.44. The summed E-state index contributed by atoms with van der Waals surface area (Å²) in [5.41, 5.74) is 0. The number of aromatic nitrogens is 3. The SMILES string of the molecule is CC1CC(C)CN(c2nnc(SCCCS(=O)(=O)c3ccc(F)cc3)n2Cc2ccco2)C1. The Kier molecular flexibility index (Phi) is 7.43. The molecule has 178 valence electrons. The molecule has 0 saturated carbocycles. The Bertz CT molecular complexity index is 1140. The van der Waals surface area contributed by atoms with Crippen molar-refractivity contribution in [3.8, 4) is 0 Å². The van der Waals surface area contributed by atoms with Crippen LogP contribution in [0.1, 0.15) is 32.4 Å². The van der Waals surface area contributed by atoms with Gasteiger partial charge in [0.05, 0.1) is 23.5 Å². The number of hydrogen-bond acceptors (Lipinski definition) is 7. The van der Waals surface area contributed by atoms with Crippen LogP contribution in [0.3, 0.4) is 0 Å². The van der Waals surface area contributed by atoms with Crippen LogP contribution in [0.25, 0.3) is 0 Å². The van der Waals surface area contributed by atoms with E-state index in [1.165, 1.54) is 42.4 Å². The number of sulfone groups is 1. The molecule has 1 aliphatic heterocycles. The van der Waals surface area contributed by atoms with Gasteiger partial charge in [-0.15, -0.1) is 10.2 Å². The maximum Gasteiger partial charge on any atom is 0.228 e. The van der Waals surface area contributed by atoms with E-state index < -0.39 is 15.7 Å². The monoisotopic (exact) mass is 492 g/mol. The summed E-state index contributed by atoms with van der Waals surface area (Å²) in [6.07, 6.45) is 3.30. The zero-order chi connectivity index (χ0) is 23.4. The molecule has 2 unspecified atom stereocenters. The molecule has 1 aliphatic rings. The Morgan fingerprint density at radius 3 is 2.52 bits per heavy atom. The second kappa shape index (κ2) is 10.3. The van der Waals surface area contributed by atoms with Crippen LogP contribution in [0.4, 0.5) is 10.3 Å². The van der Waals surface area contributed by atoms with Crippen LogP contribution in [0.15, 0.2) is 57.1 Å². The first kappa shape index (κ1) is 23.8. The zero-order valence-electron chi connectivity index (χ0n) is 18.9. The van der Waals surface area contributed by atoms with Crippen molar-refractivity contribution >= 4 is 27.5 Å². The highest BCUT2D eigenvalue weighted by Crippen LogP contribution is 2.29. The molecule has 0 spiro atoms. The summed E-state index contributed by atoms with van der Waals surface area (Å²) in [6.45, 7) is 6.90. The molecular weight excluding hydrogens is 463 g/mol. The highest BCUT2D eigenvalue weighted by atomic mass is 32.2. The van der Waals surface area contributed by atoms with Crippen molar-refractivity contribution in [2.24, 2.45) is 11.8 Å². The van der Waals surface area contributed by atoms with Gasteiger partial charge >= 0.3 is 0 Å². The summed E-state index contributed by atoms with van der Waals surface area (Å²) < 4.78 is 45.8. The first-order valence-electron chi connectivity index (χ1n) is 11.1. The number of thioether (sulfide) groups is 1. The quantitative estimate of drug-likeness (QED) is 0.247. The minimum Gasteiger partial charge on any atom is -0.467 e. The number of piperidine rings is 1. The number of benzene rings is 1. The lowest BCUT2D eigenvalue weighted by atomic mass is 9.92. The Morgan fingerprint density at radius 1 is 1.12 bits per heavy atom. The van der Waals surface area contributed by atoms with Crippen molar-refractivity contribution in [1.29, 1.82) is 0 Å². The van der Waals surface area contributed by atoms with Crippen LogP contribution < -0.4 is 4.90 Å². The molecule has 33 heavy (non-hydrogen) atoms. The smallest absolute Gasteiger partial charge is 0.228 e. The van der Waals surface area contributed by atoms with Crippen LogP contribution in [0, 0.1) is 17.7 Å². The van der Waals surface area contributed by atoms with Crippen LogP contribution >= 0.6 is 11.8 Å². The van der Waals surface area contributed by atoms with E-state index in [2.05, 4.69) is 33.5 Å². The van der Waals surface area contributed by atoms with Gasteiger partial charge in [-0.25, -0.2) is 12.8 Å². The van der Waals surface area contributed by atoms with Crippen molar-refractivity contribution in [3.05, 3.63) is 54.2 Å². The lowest BCUT2D eigenvalue weighted by Crippen LogP contribution is -2.40. The van der Waals surface area contributed by atoms with Crippen molar-refractivity contribution in [2.45, 2.75) is 43.3 Å². The molecule has 0 amide bonds. The summed E-state index contributed by atoms with van der Waals surface area (Å²) in [6, 6.07) is 8.74. The first-order chi connectivity index (χ1) is 15.8. The van der Waals surface area contributed by atoms with Crippen LogP contribution in [0.2, 0.25) is 0 Å². The van der Waals surface area contributed by atoms with Crippen LogP contribution in [0.5, 0.6) is 0 Å². The maximum absolute atomic E-state index is 13.1. The van der Waals surface area contributed by atoms with E-state index in [9.17, 15) is 12.8 Å². The molecule has 2 atom stereocenters. The van der Waals surface area contributed by atoms with Gasteiger partial charge in [-0.1, -0.05) is 25.6 Å². The largest absolute Gasteiger partial charge is 0.467 e. The van der Waals surface area contributed by atoms with Crippen molar-refractivity contribution in [3.63, 3.8) is 0 Å². The zero-order valence-corrected chi connectivity index (χ0v) is 20.5. The molecule has 10 heteroatoms. The predicted octanol–water partition coefficient (Wildman–Crippen LogP) is 4.50. The average molecular weight is 493 g/mol. The van der Waals surface area contributed by atoms with Gasteiger partial charge in [0.1, 0.15) is 11.6 Å². The second-order valence-electron chi connectivity index (χ2n) is 8.77. The summed E-state index contributed by atoms with van der Waals surface area (Å²) in [4.78, 5) is 2.43. The van der Waals surface area contributed by atoms with E-state index in [0.29, 0.717) is 30.6 Å². The van der Waals surface area contributed by atoms with Crippen molar-refractivity contribution in [1.82, 2.24) is 14.8 Å². The fourth-order valence-corrected chi connectivity index (χ4v) is 6.68. The maximum atomic E-state index is 13.1. The number of anilines is 1. The molecule has 1 saturated heterocycles. The summed E-state index contributed by atoms with van der Waals surface area (Å²) in [5.74, 6) is 2.91. The van der Waals surface area contributed by atoms with Gasteiger partial charge in [-0.05, 0) is 61.1 Å². The first-order valence-corrected chi connectivity index (χ1v) is 13.8. The Morgan fingerprint density at radius 2 is 1.85 bits per heavy atom. The second-order valence-corrected chi connectivity index (χ2v) is 11.9. The van der Waals surface area contributed by atoms with Gasteiger partial charge < -0.3 is 9.32 Å². The predicted molar refractivity (Wildman–Crippen MR) is 127 cm³/mol. The molecule has 0 bridgehead atoms. The third-order valence-corrected chi connectivity index (χ3v) is 8.57. The summed E-state index contributed by atoms with van der Waals surface area (Å²) in [7, 11) is -3.45. The third-order valence-electron chi connectivity index (χ3n) is 5.70. The Labute approximate surface area is 198 Å². The standard InChI is InChI=1S/C23H29FN4O3S2/c1-17-13-18(2)15-27(14-17)22-25-26-23(28(22)16-20-5-3-10-31-20)32-11-4-12-33(29,30)21-8-6-19(24)7-9-21/h3,5-10,17-18H,4,11-16H2,1-2H3. The minimum atomic E-state index is -3.45. The molecule has 0 aliphatic carbocycles. The summed E-state index contributed by atoms with van der Waals surface area (Å²) in [5, 5.41) is 9.66. The normalized spacial score (nSPS) is 19.2. The van der Waals surface area contributed by atoms with Crippen molar-refractivity contribution in [2.75, 3.05) is 29.5 Å². The molecular formula is C23H29FN4O3S2. The van der Waals surface area contributed by atoms with Crippen molar-refractivity contribution < 1.29 is 17.2 Å². The van der Waals surface area contributed by atoms with E-state index in [4.69, 9.17) is 4.42 Å². The van der Waals surface area contributed by atoms with Gasteiger partial charge in [0.15, 0.2) is 15.0 Å². The van der Waals surface area contributed by atoms with Crippen LogP contribution in [-0.4, -0.2) is 47.8 Å². The molecule has 1 fully saturated rings. The van der Waals surface area contributed by atoms with E-state index >= 15 is 0 Å². The van der Waals surface area contributed by atoms with Gasteiger partial charge in [-0.3, -0.25) is 4.57 Å². The fraction of sp³-hybridized carbons (Fsp3) is 0.478. The number of rotatable bonds is 9. The van der Waals surface area contributed by atoms with E-state index in [0.717, 1.165) is 30.0 Å². The van der Waals surface area contributed by atoms with Crippen LogP contribution in [-0.2, 0) is 16.4 Å². The topological polar surface area (TPSA) is 81.2 Å². The van der Waals surface area contributed by atoms with Gasteiger partial charge in [0, 0.05) is 18.8 Å². The molecule has 7 nitrogen and oxygen atoms in total. The van der Waals surface area contributed by atoms with E-state index in [1.54, 1.807) is 6.26 Å². The molecule has 2 aromatic heterocycles. The third kappa shape index (κ3) is 5.97. The minimum absolute atomic E-state index is 0.00797. The molecule has 4 rings (SSSR count). The molecule has 3 heterocycles. The van der Waals surface area contributed by atoms with Gasteiger partial charge in [0.25, 0.3) is 0 Å². The fourth-order valence-electron chi connectivity index (χ4n) is 4.32. The van der Waals surface area contributed by atoms with Gasteiger partial charge in [0.2, 0.25) is 5.95 Å². The number of nitrogens with zero attached hydrogens (tertiary/aromatic N) is 4. The summed E-state index contributed by atoms with van der Waals surface area (Å²) >= 11 is 1.49. The highest BCUT2D eigenvalue weighted by molar-refractivity contribution is 7.99. The molecule has 1 aromatic carbocycles. The van der Waals surface area contributed by atoms with Gasteiger partial charge in [-0.2, -0.15) is 0 Å². The molecule has 0 N–H and O–H groups in total. The highest BCUT2D eigenvalue weighted by Gasteiger charge is 2.27. The number of furan rings is 1. The molecule has 3 aromatic rings. The molecule has 0 radical (unpaired) electrons. The van der Waals surface area contributed by atoms with E-state index in [1.807, 2.05) is 12.1 Å². The average Bonchev–Trinajstić information content (AvgIpc) is 3.41. The number of hydrogen-bond donors (Lipinski definition) is 0. The number of halogens is 1.